The fourth-order valence-corrected chi connectivity index (χ4v) is 2.53. The lowest BCUT2D eigenvalue weighted by atomic mass is 9.99. The van der Waals surface area contributed by atoms with Crippen LogP contribution in [-0.2, 0) is 4.74 Å². The summed E-state index contributed by atoms with van der Waals surface area (Å²) in [7, 11) is 0. The van der Waals surface area contributed by atoms with Gasteiger partial charge >= 0.3 is 5.63 Å². The fourth-order valence-electron chi connectivity index (χ4n) is 2.53. The summed E-state index contributed by atoms with van der Waals surface area (Å²) in [6.07, 6.45) is -7.27. The summed E-state index contributed by atoms with van der Waals surface area (Å²) in [5, 5.41) is 57.7. The number of aromatic hydroxyl groups is 2. The maximum Gasteiger partial charge on any atom is 0.382 e. The monoisotopic (exact) mass is 356 g/mol. The Morgan fingerprint density at radius 2 is 1.76 bits per heavy atom. The van der Waals surface area contributed by atoms with Crippen LogP contribution < -0.4 is 10.4 Å². The van der Waals surface area contributed by atoms with Gasteiger partial charge in [0.15, 0.2) is 5.75 Å². The van der Waals surface area contributed by atoms with Crippen molar-refractivity contribution in [1.29, 1.82) is 0 Å². The van der Waals surface area contributed by atoms with Crippen LogP contribution >= 0.6 is 0 Å². The summed E-state index contributed by atoms with van der Waals surface area (Å²) in [6.45, 7) is -0.607. The Morgan fingerprint density at radius 1 is 1.04 bits per heavy atom. The van der Waals surface area contributed by atoms with Crippen LogP contribution in [0.25, 0.3) is 11.0 Å². The molecular weight excluding hydrogens is 340 g/mol. The lowest BCUT2D eigenvalue weighted by molar-refractivity contribution is -0.277. The second-order valence-corrected chi connectivity index (χ2v) is 5.56. The molecule has 3 rings (SSSR count). The molecule has 5 atom stereocenters. The van der Waals surface area contributed by atoms with Crippen LogP contribution in [0.5, 0.6) is 17.2 Å². The Kier molecular flexibility index (Phi) is 4.54. The molecule has 0 spiro atoms. The Hall–Kier alpha value is -2.37. The number of fused-ring (bicyclic) bond motifs is 1. The first kappa shape index (κ1) is 17.5. The van der Waals surface area contributed by atoms with E-state index in [0.717, 1.165) is 0 Å². The predicted molar refractivity (Wildman–Crippen MR) is 80.2 cm³/mol. The molecule has 6 N–H and O–H groups in total. The molecule has 1 aromatic heterocycles. The molecule has 1 aliphatic rings. The first-order valence-corrected chi connectivity index (χ1v) is 7.29. The van der Waals surface area contributed by atoms with Crippen LogP contribution in [0.3, 0.4) is 0 Å². The van der Waals surface area contributed by atoms with Crippen molar-refractivity contribution >= 4 is 11.0 Å². The number of rotatable bonds is 3. The third kappa shape index (κ3) is 3.01. The molecule has 136 valence electrons. The van der Waals surface area contributed by atoms with Gasteiger partial charge in [0.05, 0.1) is 12.0 Å². The second-order valence-electron chi connectivity index (χ2n) is 5.56. The van der Waals surface area contributed by atoms with Crippen molar-refractivity contribution < 1.29 is 44.5 Å². The molecular formula is C15H16O10. The summed E-state index contributed by atoms with van der Waals surface area (Å²) in [5.41, 5.74) is -1.24. The van der Waals surface area contributed by atoms with E-state index in [0.29, 0.717) is 0 Å². The van der Waals surface area contributed by atoms with Crippen LogP contribution in [-0.4, -0.2) is 68.0 Å². The first-order chi connectivity index (χ1) is 11.8. The largest absolute Gasteiger partial charge is 0.504 e. The van der Waals surface area contributed by atoms with Crippen LogP contribution in [0.4, 0.5) is 0 Å². The first-order valence-electron chi connectivity index (χ1n) is 7.29. The standard InChI is InChI=1S/C15H16O10/c16-4-8-10(18)11(19)13(21)15(25-8)23-5-1-2-6-7(3-5)24-14(22)12(20)9(6)17/h1-3,8,10-11,13,15-21H,4H2/t8-,10-,11+,13+,15-/m1/s1. The van der Waals surface area contributed by atoms with Gasteiger partial charge in [-0.25, -0.2) is 4.79 Å². The lowest BCUT2D eigenvalue weighted by Crippen LogP contribution is -2.60. The molecule has 0 bridgehead atoms. The van der Waals surface area contributed by atoms with E-state index in [4.69, 9.17) is 19.0 Å². The van der Waals surface area contributed by atoms with Gasteiger partial charge in [-0.2, -0.15) is 0 Å². The van der Waals surface area contributed by atoms with Crippen LogP contribution in [0.15, 0.2) is 27.4 Å². The Labute approximate surface area is 139 Å². The van der Waals surface area contributed by atoms with Crippen molar-refractivity contribution in [1.82, 2.24) is 0 Å². The second kappa shape index (κ2) is 6.50. The topological polar surface area (TPSA) is 170 Å². The fraction of sp³-hybridized carbons (Fsp3) is 0.400. The van der Waals surface area contributed by atoms with Gasteiger partial charge in [0.25, 0.3) is 0 Å². The van der Waals surface area contributed by atoms with E-state index < -0.39 is 54.4 Å². The van der Waals surface area contributed by atoms with E-state index in [9.17, 15) is 30.3 Å². The molecule has 1 aromatic carbocycles. The average molecular weight is 356 g/mol. The van der Waals surface area contributed by atoms with Crippen molar-refractivity contribution in [2.45, 2.75) is 30.7 Å². The summed E-state index contributed by atoms with van der Waals surface area (Å²) < 4.78 is 15.4. The highest BCUT2D eigenvalue weighted by Crippen LogP contribution is 2.33. The number of aliphatic hydroxyl groups excluding tert-OH is 4. The number of ether oxygens (including phenoxy) is 2. The minimum Gasteiger partial charge on any atom is -0.504 e. The molecule has 0 saturated carbocycles. The van der Waals surface area contributed by atoms with E-state index >= 15 is 0 Å². The van der Waals surface area contributed by atoms with Crippen LogP contribution in [0.1, 0.15) is 0 Å². The van der Waals surface area contributed by atoms with Gasteiger partial charge < -0.3 is 44.5 Å². The van der Waals surface area contributed by atoms with Gasteiger partial charge in [0.1, 0.15) is 35.7 Å². The molecule has 25 heavy (non-hydrogen) atoms. The zero-order chi connectivity index (χ0) is 18.3. The van der Waals surface area contributed by atoms with E-state index in [2.05, 4.69) is 0 Å². The maximum absolute atomic E-state index is 11.4. The SMILES string of the molecule is O=c1oc2cc(O[C@@H]3O[C@H](CO)[C@@H](O)[C@H](O)[C@@H]3O)ccc2c(O)c1O. The normalized spacial score (nSPS) is 29.7. The van der Waals surface area contributed by atoms with Gasteiger partial charge in [0.2, 0.25) is 12.0 Å². The maximum atomic E-state index is 11.4. The van der Waals surface area contributed by atoms with Gasteiger partial charge in [-0.15, -0.1) is 0 Å². The van der Waals surface area contributed by atoms with Gasteiger partial charge in [-0.1, -0.05) is 0 Å². The zero-order valence-electron chi connectivity index (χ0n) is 12.6. The number of benzene rings is 1. The van der Waals surface area contributed by atoms with Crippen molar-refractivity contribution in [2.75, 3.05) is 6.61 Å². The summed E-state index contributed by atoms with van der Waals surface area (Å²) in [6, 6.07) is 3.84. The summed E-state index contributed by atoms with van der Waals surface area (Å²) >= 11 is 0. The highest BCUT2D eigenvalue weighted by atomic mass is 16.7. The average Bonchev–Trinajstić information content (AvgIpc) is 2.60. The van der Waals surface area contributed by atoms with Crippen LogP contribution in [0.2, 0.25) is 0 Å². The molecule has 1 fully saturated rings. The Balaban J connectivity index is 1.90. The third-order valence-electron chi connectivity index (χ3n) is 3.93. The molecule has 0 unspecified atom stereocenters. The van der Waals surface area contributed by atoms with Crippen molar-refractivity contribution in [3.8, 4) is 17.2 Å². The summed E-state index contributed by atoms with van der Waals surface area (Å²) in [4.78, 5) is 11.4. The van der Waals surface area contributed by atoms with Gasteiger partial charge in [0, 0.05) is 6.07 Å². The highest BCUT2D eigenvalue weighted by molar-refractivity contribution is 5.86. The van der Waals surface area contributed by atoms with Gasteiger partial charge in [-0.05, 0) is 12.1 Å². The lowest BCUT2D eigenvalue weighted by Gasteiger charge is -2.39. The van der Waals surface area contributed by atoms with Crippen molar-refractivity contribution in [3.63, 3.8) is 0 Å². The number of aliphatic hydroxyl groups is 4. The minimum absolute atomic E-state index is 0.0464. The van der Waals surface area contributed by atoms with E-state index in [1.165, 1.54) is 18.2 Å². The predicted octanol–water partition coefficient (Wildman–Crippen LogP) is -1.62. The minimum atomic E-state index is -1.60. The Morgan fingerprint density at radius 3 is 2.44 bits per heavy atom. The molecule has 0 radical (unpaired) electrons. The van der Waals surface area contributed by atoms with E-state index in [1.807, 2.05) is 0 Å². The molecule has 10 nitrogen and oxygen atoms in total. The highest BCUT2D eigenvalue weighted by Gasteiger charge is 2.44. The molecule has 2 aromatic rings. The molecule has 0 aliphatic carbocycles. The molecule has 10 heteroatoms. The quantitative estimate of drug-likeness (QED) is 0.351. The molecule has 2 heterocycles. The summed E-state index contributed by atoms with van der Waals surface area (Å²) in [5.74, 6) is -1.52. The zero-order valence-corrected chi connectivity index (χ0v) is 12.6. The van der Waals surface area contributed by atoms with Gasteiger partial charge in [-0.3, -0.25) is 0 Å². The molecule has 1 saturated heterocycles. The van der Waals surface area contributed by atoms with Crippen molar-refractivity contribution in [2.24, 2.45) is 0 Å². The van der Waals surface area contributed by atoms with Crippen molar-refractivity contribution in [3.05, 3.63) is 28.6 Å². The molecule has 1 aliphatic heterocycles. The third-order valence-corrected chi connectivity index (χ3v) is 3.93. The Bertz CT molecular complexity index is 829. The van der Waals surface area contributed by atoms with Crippen LogP contribution in [0, 0.1) is 0 Å². The molecule has 0 amide bonds. The number of hydrogen-bond acceptors (Lipinski definition) is 10. The van der Waals surface area contributed by atoms with E-state index in [-0.39, 0.29) is 16.7 Å². The number of hydrogen-bond donors (Lipinski definition) is 6. The smallest absolute Gasteiger partial charge is 0.382 e. The van der Waals surface area contributed by atoms with E-state index in [1.54, 1.807) is 0 Å².